The predicted molar refractivity (Wildman–Crippen MR) is 163 cm³/mol. The van der Waals surface area contributed by atoms with Crippen molar-refractivity contribution in [1.29, 1.82) is 0 Å². The maximum absolute atomic E-state index is 11.4. The summed E-state index contributed by atoms with van der Waals surface area (Å²) < 4.78 is 13.0. The second-order valence-corrected chi connectivity index (χ2v) is 17.4. The summed E-state index contributed by atoms with van der Waals surface area (Å²) in [4.78, 5) is 11.4. The van der Waals surface area contributed by atoms with Crippen LogP contribution in [0.25, 0.3) is 0 Å². The third-order valence-electron chi connectivity index (χ3n) is 7.69. The molecule has 0 saturated heterocycles. The molecule has 0 saturated carbocycles. The molecule has 3 aromatic carbocycles. The number of carboxylic acids is 1. The van der Waals surface area contributed by atoms with Crippen LogP contribution in [0.2, 0.25) is 18.1 Å². The number of aliphatic hydroxyl groups is 1. The van der Waals surface area contributed by atoms with E-state index >= 15 is 0 Å². The summed E-state index contributed by atoms with van der Waals surface area (Å²) in [6.45, 7) is 16.2. The van der Waals surface area contributed by atoms with Gasteiger partial charge in [-0.3, -0.25) is 0 Å². The molecule has 0 aromatic heterocycles. The Morgan fingerprint density at radius 2 is 1.60 bits per heavy atom. The van der Waals surface area contributed by atoms with Gasteiger partial charge < -0.3 is 24.7 Å². The Morgan fingerprint density at radius 3 is 2.23 bits per heavy atom. The molecule has 3 N–H and O–H groups in total. The monoisotopic (exact) mass is 563 g/mol. The Hall–Kier alpha value is -2.97. The molecule has 0 unspecified atom stereocenters. The van der Waals surface area contributed by atoms with E-state index in [9.17, 15) is 15.0 Å². The van der Waals surface area contributed by atoms with E-state index in [1.54, 1.807) is 18.2 Å². The van der Waals surface area contributed by atoms with E-state index in [-0.39, 0.29) is 23.3 Å². The zero-order chi connectivity index (χ0) is 29.6. The number of aromatic carboxylic acids is 1. The molecule has 0 heterocycles. The Balaban J connectivity index is 1.83. The fourth-order valence-corrected chi connectivity index (χ4v) is 5.60. The molecule has 40 heavy (non-hydrogen) atoms. The van der Waals surface area contributed by atoms with E-state index < -0.39 is 14.3 Å². The van der Waals surface area contributed by atoms with Crippen LogP contribution in [-0.4, -0.2) is 36.6 Å². The highest BCUT2D eigenvalue weighted by molar-refractivity contribution is 6.74. The summed E-state index contributed by atoms with van der Waals surface area (Å²) in [7, 11) is -2.14. The normalized spacial score (nSPS) is 13.2. The number of hydrogen-bond acceptors (Lipinski definition) is 5. The van der Waals surface area contributed by atoms with Crippen LogP contribution in [0, 0.1) is 0 Å². The van der Waals surface area contributed by atoms with Crippen molar-refractivity contribution in [2.75, 3.05) is 6.54 Å². The highest BCUT2D eigenvalue weighted by Gasteiger charge is 2.40. The largest absolute Gasteiger partial charge is 0.489 e. The predicted octanol–water partition coefficient (Wildman–Crippen LogP) is 7.13. The molecule has 0 bridgehead atoms. The Morgan fingerprint density at radius 1 is 0.925 bits per heavy atom. The van der Waals surface area contributed by atoms with Gasteiger partial charge in [0.2, 0.25) is 0 Å². The van der Waals surface area contributed by atoms with Crippen LogP contribution in [0.15, 0.2) is 72.8 Å². The zero-order valence-corrected chi connectivity index (χ0v) is 26.0. The van der Waals surface area contributed by atoms with Crippen LogP contribution in [-0.2, 0) is 24.1 Å². The van der Waals surface area contributed by atoms with Gasteiger partial charge in [0.1, 0.15) is 12.4 Å². The van der Waals surface area contributed by atoms with Gasteiger partial charge in [0, 0.05) is 17.6 Å². The van der Waals surface area contributed by atoms with E-state index in [1.807, 2.05) is 54.6 Å². The topological polar surface area (TPSA) is 88.0 Å². The fourth-order valence-electron chi connectivity index (χ4n) is 4.32. The molecular weight excluding hydrogens is 518 g/mol. The second kappa shape index (κ2) is 13.1. The number of ether oxygens (including phenoxy) is 1. The minimum atomic E-state index is -2.14. The average molecular weight is 564 g/mol. The van der Waals surface area contributed by atoms with Crippen LogP contribution >= 0.6 is 0 Å². The Kier molecular flexibility index (Phi) is 10.4. The van der Waals surface area contributed by atoms with Crippen molar-refractivity contribution < 1.29 is 24.2 Å². The molecule has 216 valence electrons. The molecule has 3 rings (SSSR count). The van der Waals surface area contributed by atoms with E-state index in [4.69, 9.17) is 9.16 Å². The summed E-state index contributed by atoms with van der Waals surface area (Å²) in [5, 5.41) is 23.3. The van der Waals surface area contributed by atoms with Gasteiger partial charge in [0.15, 0.2) is 8.32 Å². The number of rotatable bonds is 13. The molecular formula is C33H45NO5Si. The van der Waals surface area contributed by atoms with Crippen molar-refractivity contribution in [2.24, 2.45) is 0 Å². The molecule has 0 aliphatic carbocycles. The number of carboxylic acid groups (broad SMARTS) is 1. The first-order valence-electron chi connectivity index (χ1n) is 13.9. The third kappa shape index (κ3) is 8.76. The van der Waals surface area contributed by atoms with Crippen molar-refractivity contribution in [3.05, 3.63) is 101 Å². The van der Waals surface area contributed by atoms with Gasteiger partial charge in [0.05, 0.1) is 18.3 Å². The molecule has 0 amide bonds. The van der Waals surface area contributed by atoms with E-state index in [0.717, 1.165) is 22.3 Å². The highest BCUT2D eigenvalue weighted by atomic mass is 28.4. The van der Waals surface area contributed by atoms with Gasteiger partial charge in [-0.2, -0.15) is 0 Å². The van der Waals surface area contributed by atoms with Gasteiger partial charge in [0.25, 0.3) is 0 Å². The number of benzene rings is 3. The van der Waals surface area contributed by atoms with E-state index in [1.165, 1.54) is 0 Å². The van der Waals surface area contributed by atoms with Gasteiger partial charge in [-0.05, 0) is 79.4 Å². The lowest BCUT2D eigenvalue weighted by atomic mass is 9.93. The van der Waals surface area contributed by atoms with Crippen LogP contribution in [0.5, 0.6) is 5.75 Å². The fraction of sp³-hybridized carbons (Fsp3) is 0.424. The Labute approximate surface area is 240 Å². The first-order chi connectivity index (χ1) is 18.7. The first kappa shape index (κ1) is 31.6. The molecule has 0 spiro atoms. The van der Waals surface area contributed by atoms with Gasteiger partial charge >= 0.3 is 5.97 Å². The minimum Gasteiger partial charge on any atom is -0.489 e. The van der Waals surface area contributed by atoms with Crippen molar-refractivity contribution in [2.45, 2.75) is 84.0 Å². The smallest absolute Gasteiger partial charge is 0.335 e. The lowest BCUT2D eigenvalue weighted by Gasteiger charge is -2.40. The van der Waals surface area contributed by atoms with Gasteiger partial charge in [-0.25, -0.2) is 4.79 Å². The molecule has 7 heteroatoms. The molecule has 6 nitrogen and oxygen atoms in total. The zero-order valence-electron chi connectivity index (χ0n) is 25.0. The average Bonchev–Trinajstić information content (AvgIpc) is 2.89. The van der Waals surface area contributed by atoms with Gasteiger partial charge in [-0.1, -0.05) is 69.3 Å². The number of hydrogen-bond donors (Lipinski definition) is 3. The SMILES string of the molecule is CC(C)(Cc1cccc(C(=O)O)c1)NC[C@H](O[Si](C)(C)C(C)(C)C)c1ccc(OCc2ccccc2)c(CO)c1. The maximum atomic E-state index is 11.4. The number of carbonyl (C=O) groups is 1. The van der Waals surface area contributed by atoms with Gasteiger partial charge in [-0.15, -0.1) is 0 Å². The number of nitrogens with one attached hydrogen (secondary N) is 1. The second-order valence-electron chi connectivity index (χ2n) is 12.6. The standard InChI is InChI=1S/C33H45NO5Si/c1-32(2,3)40(6,7)39-30(21-34-33(4,5)20-25-14-11-15-27(18-25)31(36)37)26-16-17-29(28(19-26)22-35)38-23-24-12-9-8-10-13-24/h8-19,30,34-35H,20-23H2,1-7H3,(H,36,37)/t30-/m0/s1. The van der Waals surface area contributed by atoms with Crippen molar-refractivity contribution >= 4 is 14.3 Å². The summed E-state index contributed by atoms with van der Waals surface area (Å²) in [6, 6.07) is 23.0. The Bertz CT molecular complexity index is 1270. The molecule has 1 atom stereocenters. The van der Waals surface area contributed by atoms with Crippen LogP contribution in [0.1, 0.15) is 73.3 Å². The van der Waals surface area contributed by atoms with E-state index in [2.05, 4.69) is 53.0 Å². The van der Waals surface area contributed by atoms with E-state index in [0.29, 0.717) is 30.9 Å². The quantitative estimate of drug-likeness (QED) is 0.192. The van der Waals surface area contributed by atoms with Crippen LogP contribution in [0.3, 0.4) is 0 Å². The summed E-state index contributed by atoms with van der Waals surface area (Å²) in [5.74, 6) is -0.265. The lowest BCUT2D eigenvalue weighted by Crippen LogP contribution is -2.47. The molecule has 0 radical (unpaired) electrons. The van der Waals surface area contributed by atoms with Crippen molar-refractivity contribution in [3.8, 4) is 5.75 Å². The molecule has 3 aromatic rings. The summed E-state index contributed by atoms with van der Waals surface area (Å²) >= 11 is 0. The van der Waals surface area contributed by atoms with Crippen LogP contribution < -0.4 is 10.1 Å². The summed E-state index contributed by atoms with van der Waals surface area (Å²) in [6.07, 6.45) is 0.425. The molecule has 0 fully saturated rings. The number of aliphatic hydroxyl groups excluding tert-OH is 1. The third-order valence-corrected chi connectivity index (χ3v) is 12.2. The first-order valence-corrected chi connectivity index (χ1v) is 16.8. The summed E-state index contributed by atoms with van der Waals surface area (Å²) in [5.41, 5.74) is 3.71. The molecule has 0 aliphatic rings. The maximum Gasteiger partial charge on any atom is 0.335 e. The molecule has 0 aliphatic heterocycles. The van der Waals surface area contributed by atoms with Crippen molar-refractivity contribution in [1.82, 2.24) is 5.32 Å². The minimum absolute atomic E-state index is 0.0244. The van der Waals surface area contributed by atoms with Crippen molar-refractivity contribution in [3.63, 3.8) is 0 Å². The lowest BCUT2D eigenvalue weighted by molar-refractivity contribution is 0.0696. The highest BCUT2D eigenvalue weighted by Crippen LogP contribution is 2.40. The van der Waals surface area contributed by atoms with Crippen LogP contribution in [0.4, 0.5) is 0 Å².